The average molecular weight is 284 g/mol. The zero-order valence-electron chi connectivity index (χ0n) is 11.3. The number of carbonyl (C=O) groups is 1. The van der Waals surface area contributed by atoms with E-state index in [2.05, 4.69) is 0 Å². The lowest BCUT2D eigenvalue weighted by Gasteiger charge is -2.10. The van der Waals surface area contributed by atoms with Crippen LogP contribution in [0.2, 0.25) is 0 Å². The smallest absolute Gasteiger partial charge is 0.191 e. The monoisotopic (exact) mass is 284 g/mol. The van der Waals surface area contributed by atoms with E-state index in [0.29, 0.717) is 29.2 Å². The summed E-state index contributed by atoms with van der Waals surface area (Å²) in [5.41, 5.74) is 2.31. The van der Waals surface area contributed by atoms with Gasteiger partial charge in [0, 0.05) is 17.5 Å². The van der Waals surface area contributed by atoms with Crippen molar-refractivity contribution < 1.29 is 9.53 Å². The summed E-state index contributed by atoms with van der Waals surface area (Å²) in [6, 6.07) is 17.0. The Kier molecular flexibility index (Phi) is 5.02. The van der Waals surface area contributed by atoms with Crippen molar-refractivity contribution in [1.82, 2.24) is 0 Å². The highest BCUT2D eigenvalue weighted by Gasteiger charge is 2.15. The predicted molar refractivity (Wildman–Crippen MR) is 84.2 cm³/mol. The lowest BCUT2D eigenvalue weighted by molar-refractivity contribution is 0.0992. The first-order valence-electron chi connectivity index (χ1n) is 6.55. The lowest BCUT2D eigenvalue weighted by atomic mass is 9.99. The fourth-order valence-corrected chi connectivity index (χ4v) is 2.29. The maximum Gasteiger partial charge on any atom is 0.191 e. The van der Waals surface area contributed by atoms with Crippen LogP contribution in [0.15, 0.2) is 54.6 Å². The highest BCUT2D eigenvalue weighted by Crippen LogP contribution is 2.15. The van der Waals surface area contributed by atoms with Crippen molar-refractivity contribution in [2.24, 2.45) is 0 Å². The number of ether oxygens (including phenoxy) is 1. The quantitative estimate of drug-likeness (QED) is 0.616. The third kappa shape index (κ3) is 3.52. The molecule has 0 saturated heterocycles. The maximum absolute atomic E-state index is 12.4. The number of Topliss-reactive ketones (excluding diaryl/α,β-unsaturated/α-hetero) is 1. The van der Waals surface area contributed by atoms with Crippen LogP contribution in [0.1, 0.15) is 28.4 Å². The number of hydrogen-bond acceptors (Lipinski definition) is 3. The van der Waals surface area contributed by atoms with E-state index in [1.807, 2.05) is 55.5 Å². The molecular formula is C17H16O2S. The minimum Gasteiger partial charge on any atom is -0.483 e. The van der Waals surface area contributed by atoms with E-state index in [0.717, 1.165) is 5.56 Å². The maximum atomic E-state index is 12.4. The van der Waals surface area contributed by atoms with E-state index >= 15 is 0 Å². The van der Waals surface area contributed by atoms with Gasteiger partial charge in [0.2, 0.25) is 0 Å². The van der Waals surface area contributed by atoms with Crippen LogP contribution >= 0.6 is 12.2 Å². The van der Waals surface area contributed by atoms with Crippen molar-refractivity contribution in [3.05, 3.63) is 71.3 Å². The Labute approximate surface area is 124 Å². The third-order valence-corrected chi connectivity index (χ3v) is 3.27. The largest absolute Gasteiger partial charge is 0.483 e. The first-order valence-corrected chi connectivity index (χ1v) is 6.96. The normalized spacial score (nSPS) is 10.1. The summed E-state index contributed by atoms with van der Waals surface area (Å²) in [6.07, 6.45) is 0.368. The zero-order valence-corrected chi connectivity index (χ0v) is 12.2. The number of hydrogen-bond donors (Lipinski definition) is 0. The van der Waals surface area contributed by atoms with E-state index in [1.54, 1.807) is 6.07 Å². The van der Waals surface area contributed by atoms with Crippen molar-refractivity contribution in [2.75, 3.05) is 6.61 Å². The van der Waals surface area contributed by atoms with Gasteiger partial charge < -0.3 is 4.74 Å². The van der Waals surface area contributed by atoms with E-state index < -0.39 is 0 Å². The minimum atomic E-state index is 0.0499. The summed E-state index contributed by atoms with van der Waals surface area (Å²) >= 11 is 5.22. The van der Waals surface area contributed by atoms with Crippen LogP contribution in [0.5, 0.6) is 0 Å². The van der Waals surface area contributed by atoms with Gasteiger partial charge in [-0.2, -0.15) is 0 Å². The topological polar surface area (TPSA) is 26.3 Å². The summed E-state index contributed by atoms with van der Waals surface area (Å²) in [7, 11) is 0. The SMILES string of the molecule is CCOC(=S)c1ccccc1C(=O)Cc1ccccc1. The molecule has 0 fully saturated rings. The Bertz CT molecular complexity index is 605. The van der Waals surface area contributed by atoms with Gasteiger partial charge in [0.1, 0.15) is 0 Å². The van der Waals surface area contributed by atoms with Crippen LogP contribution in [0.4, 0.5) is 0 Å². The molecule has 102 valence electrons. The van der Waals surface area contributed by atoms with Crippen molar-refractivity contribution in [2.45, 2.75) is 13.3 Å². The number of benzene rings is 2. The molecule has 0 aliphatic carbocycles. The number of thiocarbonyl (C=S) groups is 1. The Morgan fingerprint density at radius 1 is 1.00 bits per heavy atom. The molecule has 3 heteroatoms. The second-order valence-electron chi connectivity index (χ2n) is 4.35. The molecule has 0 amide bonds. The van der Waals surface area contributed by atoms with Gasteiger partial charge in [0.15, 0.2) is 10.8 Å². The fourth-order valence-electron chi connectivity index (χ4n) is 1.99. The molecule has 0 atom stereocenters. The van der Waals surface area contributed by atoms with E-state index in [4.69, 9.17) is 17.0 Å². The van der Waals surface area contributed by atoms with Gasteiger partial charge in [0.05, 0.1) is 6.61 Å². The third-order valence-electron chi connectivity index (χ3n) is 2.93. The molecule has 2 aromatic rings. The Morgan fingerprint density at radius 2 is 1.60 bits per heavy atom. The Balaban J connectivity index is 2.24. The summed E-state index contributed by atoms with van der Waals surface area (Å²) in [4.78, 5) is 12.4. The zero-order chi connectivity index (χ0) is 14.4. The Hall–Kier alpha value is -2.00. The first-order chi connectivity index (χ1) is 9.72. The van der Waals surface area contributed by atoms with Crippen LogP contribution in [0.25, 0.3) is 0 Å². The van der Waals surface area contributed by atoms with Gasteiger partial charge in [-0.3, -0.25) is 4.79 Å². The molecule has 0 spiro atoms. The number of rotatable bonds is 5. The molecule has 2 nitrogen and oxygen atoms in total. The van der Waals surface area contributed by atoms with Crippen LogP contribution in [0, 0.1) is 0 Å². The second-order valence-corrected chi connectivity index (χ2v) is 4.72. The van der Waals surface area contributed by atoms with Crippen LogP contribution in [-0.2, 0) is 11.2 Å². The van der Waals surface area contributed by atoms with Crippen molar-refractivity contribution in [3.8, 4) is 0 Å². The fraction of sp³-hybridized carbons (Fsp3) is 0.176. The molecule has 0 saturated carbocycles. The molecule has 0 unspecified atom stereocenters. The first kappa shape index (κ1) is 14.4. The van der Waals surface area contributed by atoms with Crippen LogP contribution < -0.4 is 0 Å². The molecule has 0 aliphatic heterocycles. The van der Waals surface area contributed by atoms with Crippen LogP contribution in [-0.4, -0.2) is 17.4 Å². The molecule has 2 rings (SSSR count). The predicted octanol–water partition coefficient (Wildman–Crippen LogP) is 3.82. The standard InChI is InChI=1S/C17H16O2S/c1-2-19-17(20)15-11-7-6-10-14(15)16(18)12-13-8-4-3-5-9-13/h3-11H,2,12H2,1H3. The summed E-state index contributed by atoms with van der Waals surface area (Å²) in [5, 5.41) is 0.379. The van der Waals surface area contributed by atoms with E-state index in [9.17, 15) is 4.79 Å². The molecule has 2 aromatic carbocycles. The van der Waals surface area contributed by atoms with Gasteiger partial charge in [-0.15, -0.1) is 0 Å². The molecule has 0 N–H and O–H groups in total. The molecule has 0 aliphatic rings. The summed E-state index contributed by atoms with van der Waals surface area (Å²) in [6.45, 7) is 2.38. The van der Waals surface area contributed by atoms with Gasteiger partial charge in [-0.1, -0.05) is 48.5 Å². The molecule has 0 radical (unpaired) electrons. The number of carbonyl (C=O) groups excluding carboxylic acids is 1. The van der Waals surface area contributed by atoms with Crippen LogP contribution in [0.3, 0.4) is 0 Å². The average Bonchev–Trinajstić information content (AvgIpc) is 2.48. The van der Waals surface area contributed by atoms with Gasteiger partial charge in [-0.05, 0) is 30.8 Å². The molecule has 0 bridgehead atoms. The molecule has 20 heavy (non-hydrogen) atoms. The van der Waals surface area contributed by atoms with Gasteiger partial charge >= 0.3 is 0 Å². The highest BCUT2D eigenvalue weighted by molar-refractivity contribution is 7.80. The Morgan fingerprint density at radius 3 is 2.25 bits per heavy atom. The number of ketones is 1. The summed E-state index contributed by atoms with van der Waals surface area (Å²) in [5.74, 6) is 0.0499. The van der Waals surface area contributed by atoms with Gasteiger partial charge in [-0.25, -0.2) is 0 Å². The van der Waals surface area contributed by atoms with E-state index in [-0.39, 0.29) is 5.78 Å². The highest BCUT2D eigenvalue weighted by atomic mass is 32.1. The van der Waals surface area contributed by atoms with Crippen molar-refractivity contribution in [3.63, 3.8) is 0 Å². The molecular weight excluding hydrogens is 268 g/mol. The lowest BCUT2D eigenvalue weighted by Crippen LogP contribution is -2.12. The second kappa shape index (κ2) is 6.96. The summed E-state index contributed by atoms with van der Waals surface area (Å²) < 4.78 is 5.35. The van der Waals surface area contributed by atoms with E-state index in [1.165, 1.54) is 0 Å². The van der Waals surface area contributed by atoms with Gasteiger partial charge in [0.25, 0.3) is 0 Å². The molecule has 0 aromatic heterocycles. The molecule has 0 heterocycles. The van der Waals surface area contributed by atoms with Crippen molar-refractivity contribution in [1.29, 1.82) is 0 Å². The van der Waals surface area contributed by atoms with Crippen molar-refractivity contribution >= 4 is 23.1 Å². The minimum absolute atomic E-state index is 0.0499.